The molecule has 0 aromatic rings. The van der Waals surface area contributed by atoms with Crippen molar-refractivity contribution in [2.75, 3.05) is 32.1 Å². The lowest BCUT2D eigenvalue weighted by molar-refractivity contribution is 0.0585. The maximum atomic E-state index is 12.0. The molecule has 120 valence electrons. The van der Waals surface area contributed by atoms with Gasteiger partial charge in [0.2, 0.25) is 10.0 Å². The molecule has 1 aliphatic heterocycles. The first-order valence-corrected chi connectivity index (χ1v) is 9.49. The molecule has 1 heterocycles. The highest BCUT2D eigenvalue weighted by molar-refractivity contribution is 7.89. The summed E-state index contributed by atoms with van der Waals surface area (Å²) in [5, 5.41) is 3.28. The molecule has 0 aromatic heterocycles. The molecule has 0 radical (unpaired) electrons. The van der Waals surface area contributed by atoms with Gasteiger partial charge in [-0.3, -0.25) is 0 Å². The number of nitrogens with one attached hydrogen (secondary N) is 2. The molecule has 5 nitrogen and oxygen atoms in total. The summed E-state index contributed by atoms with van der Waals surface area (Å²) in [6.07, 6.45) is 4.64. The maximum Gasteiger partial charge on any atom is 0.211 e. The van der Waals surface area contributed by atoms with E-state index in [0.717, 1.165) is 52.0 Å². The summed E-state index contributed by atoms with van der Waals surface area (Å²) in [6, 6.07) is 0.0158. The highest BCUT2D eigenvalue weighted by Crippen LogP contribution is 2.19. The van der Waals surface area contributed by atoms with Gasteiger partial charge in [-0.15, -0.1) is 0 Å². The average molecular weight is 306 g/mol. The van der Waals surface area contributed by atoms with E-state index in [2.05, 4.69) is 17.0 Å². The number of sulfonamides is 1. The highest BCUT2D eigenvalue weighted by Gasteiger charge is 2.24. The third-order valence-electron chi connectivity index (χ3n) is 3.78. The van der Waals surface area contributed by atoms with E-state index in [4.69, 9.17) is 4.74 Å². The Kier molecular flexibility index (Phi) is 8.68. The van der Waals surface area contributed by atoms with Crippen LogP contribution in [0.5, 0.6) is 0 Å². The minimum Gasteiger partial charge on any atom is -0.381 e. The standard InChI is InChI=1S/C14H30N2O3S/c1-3-8-15-9-4-5-12-20(17,18)16-13(2)14-6-10-19-11-7-14/h13-16H,3-12H2,1-2H3. The van der Waals surface area contributed by atoms with Crippen LogP contribution < -0.4 is 10.0 Å². The Morgan fingerprint density at radius 3 is 2.55 bits per heavy atom. The van der Waals surface area contributed by atoms with Crippen LogP contribution in [-0.4, -0.2) is 46.5 Å². The fraction of sp³-hybridized carbons (Fsp3) is 1.00. The third kappa shape index (κ3) is 7.57. The van der Waals surface area contributed by atoms with Gasteiger partial charge in [0.05, 0.1) is 5.75 Å². The normalized spacial score (nSPS) is 19.1. The molecular weight excluding hydrogens is 276 g/mol. The molecular formula is C14H30N2O3S. The van der Waals surface area contributed by atoms with Crippen molar-refractivity contribution in [3.05, 3.63) is 0 Å². The van der Waals surface area contributed by atoms with Gasteiger partial charge in [-0.05, 0) is 58.0 Å². The van der Waals surface area contributed by atoms with Gasteiger partial charge in [-0.2, -0.15) is 0 Å². The quantitative estimate of drug-likeness (QED) is 0.600. The lowest BCUT2D eigenvalue weighted by atomic mass is 9.94. The molecule has 0 saturated carbocycles. The van der Waals surface area contributed by atoms with Gasteiger partial charge < -0.3 is 10.1 Å². The third-order valence-corrected chi connectivity index (χ3v) is 5.34. The Morgan fingerprint density at radius 2 is 1.90 bits per heavy atom. The summed E-state index contributed by atoms with van der Waals surface area (Å²) in [5.74, 6) is 0.638. The van der Waals surface area contributed by atoms with E-state index in [1.165, 1.54) is 0 Å². The molecule has 0 bridgehead atoms. The first kappa shape index (κ1) is 17.9. The van der Waals surface area contributed by atoms with E-state index >= 15 is 0 Å². The second-order valence-electron chi connectivity index (χ2n) is 5.63. The molecule has 1 saturated heterocycles. The van der Waals surface area contributed by atoms with Gasteiger partial charge >= 0.3 is 0 Å². The van der Waals surface area contributed by atoms with E-state index in [1.54, 1.807) is 0 Å². The molecule has 1 fully saturated rings. The van der Waals surface area contributed by atoms with Gasteiger partial charge in [0, 0.05) is 19.3 Å². The summed E-state index contributed by atoms with van der Waals surface area (Å²) in [4.78, 5) is 0. The van der Waals surface area contributed by atoms with Crippen molar-refractivity contribution < 1.29 is 13.2 Å². The predicted molar refractivity (Wildman–Crippen MR) is 82.3 cm³/mol. The highest BCUT2D eigenvalue weighted by atomic mass is 32.2. The van der Waals surface area contributed by atoms with Crippen molar-refractivity contribution in [2.24, 2.45) is 5.92 Å². The van der Waals surface area contributed by atoms with Crippen molar-refractivity contribution in [2.45, 2.75) is 52.0 Å². The zero-order valence-electron chi connectivity index (χ0n) is 12.9. The van der Waals surface area contributed by atoms with Crippen LogP contribution in [0.4, 0.5) is 0 Å². The van der Waals surface area contributed by atoms with Crippen LogP contribution in [0.2, 0.25) is 0 Å². The summed E-state index contributed by atoms with van der Waals surface area (Å²) in [6.45, 7) is 7.50. The van der Waals surface area contributed by atoms with Crippen LogP contribution in [-0.2, 0) is 14.8 Å². The summed E-state index contributed by atoms with van der Waals surface area (Å²) < 4.78 is 32.2. The maximum absolute atomic E-state index is 12.0. The largest absolute Gasteiger partial charge is 0.381 e. The Bertz CT molecular complexity index is 340. The molecule has 0 aromatic carbocycles. The number of ether oxygens (including phenoxy) is 1. The molecule has 0 amide bonds. The zero-order chi connectivity index (χ0) is 14.8. The first-order chi connectivity index (χ1) is 9.55. The number of hydrogen-bond donors (Lipinski definition) is 2. The topological polar surface area (TPSA) is 67.4 Å². The monoisotopic (exact) mass is 306 g/mol. The minimum absolute atomic E-state index is 0.0158. The summed E-state index contributed by atoms with van der Waals surface area (Å²) >= 11 is 0. The van der Waals surface area contributed by atoms with Gasteiger partial charge in [0.15, 0.2) is 0 Å². The first-order valence-electron chi connectivity index (χ1n) is 7.83. The van der Waals surface area contributed by atoms with Crippen LogP contribution in [0.15, 0.2) is 0 Å². The van der Waals surface area contributed by atoms with E-state index in [-0.39, 0.29) is 11.8 Å². The molecule has 1 atom stereocenters. The van der Waals surface area contributed by atoms with Crippen molar-refractivity contribution in [3.8, 4) is 0 Å². The van der Waals surface area contributed by atoms with Crippen LogP contribution in [0.25, 0.3) is 0 Å². The van der Waals surface area contributed by atoms with Crippen molar-refractivity contribution in [1.29, 1.82) is 0 Å². The van der Waals surface area contributed by atoms with Crippen LogP contribution >= 0.6 is 0 Å². The number of rotatable bonds is 10. The van der Waals surface area contributed by atoms with Crippen LogP contribution in [0, 0.1) is 5.92 Å². The number of hydrogen-bond acceptors (Lipinski definition) is 4. The SMILES string of the molecule is CCCNCCCCS(=O)(=O)NC(C)C1CCOCC1. The van der Waals surface area contributed by atoms with Crippen molar-refractivity contribution in [1.82, 2.24) is 10.0 Å². The van der Waals surface area contributed by atoms with Gasteiger partial charge in [0.25, 0.3) is 0 Å². The van der Waals surface area contributed by atoms with Crippen molar-refractivity contribution in [3.63, 3.8) is 0 Å². The van der Waals surface area contributed by atoms with E-state index in [9.17, 15) is 8.42 Å². The van der Waals surface area contributed by atoms with E-state index in [1.807, 2.05) is 6.92 Å². The molecule has 2 N–H and O–H groups in total. The molecule has 0 aliphatic carbocycles. The second-order valence-corrected chi connectivity index (χ2v) is 7.51. The average Bonchev–Trinajstić information content (AvgIpc) is 2.43. The molecule has 20 heavy (non-hydrogen) atoms. The molecule has 0 spiro atoms. The lowest BCUT2D eigenvalue weighted by Gasteiger charge is -2.28. The van der Waals surface area contributed by atoms with Gasteiger partial charge in [-0.25, -0.2) is 13.1 Å². The summed E-state index contributed by atoms with van der Waals surface area (Å²) in [5.41, 5.74) is 0. The summed E-state index contributed by atoms with van der Waals surface area (Å²) in [7, 11) is -3.14. The molecule has 1 rings (SSSR count). The Morgan fingerprint density at radius 1 is 1.20 bits per heavy atom. The predicted octanol–water partition coefficient (Wildman–Crippen LogP) is 1.50. The Labute approximate surface area is 123 Å². The van der Waals surface area contributed by atoms with Gasteiger partial charge in [-0.1, -0.05) is 6.92 Å². The Hall–Kier alpha value is -0.170. The van der Waals surface area contributed by atoms with E-state index < -0.39 is 10.0 Å². The number of unbranched alkanes of at least 4 members (excludes halogenated alkanes) is 1. The molecule has 6 heteroatoms. The second kappa shape index (κ2) is 9.71. The Balaban J connectivity index is 2.19. The lowest BCUT2D eigenvalue weighted by Crippen LogP contribution is -2.41. The molecule has 1 unspecified atom stereocenters. The smallest absolute Gasteiger partial charge is 0.211 e. The van der Waals surface area contributed by atoms with Crippen molar-refractivity contribution >= 4 is 10.0 Å². The fourth-order valence-electron chi connectivity index (χ4n) is 2.50. The van der Waals surface area contributed by atoms with E-state index in [0.29, 0.717) is 12.3 Å². The minimum atomic E-state index is -3.14. The molecule has 1 aliphatic rings. The van der Waals surface area contributed by atoms with Crippen LogP contribution in [0.3, 0.4) is 0 Å². The zero-order valence-corrected chi connectivity index (χ0v) is 13.7. The van der Waals surface area contributed by atoms with Crippen LogP contribution in [0.1, 0.15) is 46.0 Å². The van der Waals surface area contributed by atoms with Gasteiger partial charge in [0.1, 0.15) is 0 Å². The fourth-order valence-corrected chi connectivity index (χ4v) is 3.96.